The van der Waals surface area contributed by atoms with Gasteiger partial charge < -0.3 is 0 Å². The number of hydrogen-bond acceptors (Lipinski definition) is 2. The number of piperidine rings is 1. The van der Waals surface area contributed by atoms with Gasteiger partial charge in [-0.3, -0.25) is 0 Å². The Morgan fingerprint density at radius 3 is 2.16 bits per heavy atom. The summed E-state index contributed by atoms with van der Waals surface area (Å²) in [7, 11) is -3.42. The highest BCUT2D eigenvalue weighted by atomic mass is 32.2. The van der Waals surface area contributed by atoms with Gasteiger partial charge >= 0.3 is 0 Å². The van der Waals surface area contributed by atoms with Crippen LogP contribution in [0.15, 0.2) is 59.5 Å². The summed E-state index contributed by atoms with van der Waals surface area (Å²) in [6.45, 7) is 3.40. The number of benzene rings is 2. The highest BCUT2D eigenvalue weighted by Crippen LogP contribution is 2.80. The van der Waals surface area contributed by atoms with Gasteiger partial charge in [-0.15, -0.1) is 0 Å². The Kier molecular flexibility index (Phi) is 4.63. The molecule has 4 fully saturated rings. The molecular weight excluding hydrogens is 402 g/mol. The molecule has 2 aromatic rings. The Balaban J connectivity index is 1.32. The predicted octanol–water partition coefficient (Wildman–Crippen LogP) is 5.62. The first-order valence-corrected chi connectivity index (χ1v) is 13.6. The zero-order valence-corrected chi connectivity index (χ0v) is 19.2. The summed E-state index contributed by atoms with van der Waals surface area (Å²) >= 11 is 0. The van der Waals surface area contributed by atoms with Crippen LogP contribution in [0.5, 0.6) is 0 Å². The Labute approximate surface area is 186 Å². The lowest BCUT2D eigenvalue weighted by molar-refractivity contribution is 0.331. The smallest absolute Gasteiger partial charge is 0.207 e. The third-order valence-electron chi connectivity index (χ3n) is 9.01. The third kappa shape index (κ3) is 3.05. The zero-order chi connectivity index (χ0) is 21.2. The number of hydrogen-bond donors (Lipinski definition) is 0. The van der Waals surface area contributed by atoms with E-state index in [1.54, 1.807) is 12.1 Å². The molecule has 0 spiro atoms. The van der Waals surface area contributed by atoms with Crippen LogP contribution in [0.4, 0.5) is 0 Å². The number of nitrogens with zero attached hydrogens (tertiary/aromatic N) is 1. The van der Waals surface area contributed by atoms with Crippen LogP contribution >= 0.6 is 0 Å². The maximum Gasteiger partial charge on any atom is 0.243 e. The summed E-state index contributed by atoms with van der Waals surface area (Å²) in [5.74, 6) is 3.40. The van der Waals surface area contributed by atoms with Crippen molar-refractivity contribution in [1.82, 2.24) is 4.31 Å². The van der Waals surface area contributed by atoms with Crippen molar-refractivity contribution in [3.05, 3.63) is 65.7 Å². The van der Waals surface area contributed by atoms with Gasteiger partial charge in [-0.2, -0.15) is 4.31 Å². The van der Waals surface area contributed by atoms with Crippen LogP contribution in [0.3, 0.4) is 0 Å². The van der Waals surface area contributed by atoms with E-state index in [0.29, 0.717) is 29.8 Å². The minimum Gasteiger partial charge on any atom is -0.207 e. The fraction of sp³-hybridized carbons (Fsp3) is 0.556. The molecule has 1 saturated heterocycles. The van der Waals surface area contributed by atoms with Crippen LogP contribution in [0.25, 0.3) is 0 Å². The molecule has 1 heterocycles. The molecule has 6 atom stereocenters. The van der Waals surface area contributed by atoms with Crippen molar-refractivity contribution in [1.29, 1.82) is 0 Å². The number of sulfonamides is 1. The average molecular weight is 436 g/mol. The van der Waals surface area contributed by atoms with E-state index >= 15 is 0 Å². The van der Waals surface area contributed by atoms with E-state index in [9.17, 15) is 8.42 Å². The van der Waals surface area contributed by atoms with Gasteiger partial charge in [0.05, 0.1) is 4.90 Å². The van der Waals surface area contributed by atoms with Crippen molar-refractivity contribution >= 4 is 10.0 Å². The molecule has 0 radical (unpaired) electrons. The van der Waals surface area contributed by atoms with E-state index < -0.39 is 10.0 Å². The summed E-state index contributed by atoms with van der Waals surface area (Å²) in [4.78, 5) is 0.452. The maximum atomic E-state index is 13.5. The van der Waals surface area contributed by atoms with Crippen molar-refractivity contribution in [3.63, 3.8) is 0 Å². The van der Waals surface area contributed by atoms with E-state index in [-0.39, 0.29) is 5.41 Å². The highest BCUT2D eigenvalue weighted by Gasteiger charge is 2.79. The fourth-order valence-corrected chi connectivity index (χ4v) is 9.10. The molecule has 3 saturated carbocycles. The van der Waals surface area contributed by atoms with Gasteiger partial charge in [-0.25, -0.2) is 8.42 Å². The summed E-state index contributed by atoms with van der Waals surface area (Å²) in [5, 5.41) is 0. The SMILES string of the molecule is Cc1ccc(S(=O)(=O)N2C[C@H]3[C@H](c4ccccc4)[C@@]3(C3[C@H]4CCCCCC[C@@H]34)C2)cc1. The second kappa shape index (κ2) is 7.18. The van der Waals surface area contributed by atoms with Gasteiger partial charge in [-0.05, 0) is 72.5 Å². The van der Waals surface area contributed by atoms with Crippen LogP contribution in [-0.4, -0.2) is 25.8 Å². The van der Waals surface area contributed by atoms with Crippen LogP contribution in [0, 0.1) is 36.0 Å². The van der Waals surface area contributed by atoms with Crippen LogP contribution in [-0.2, 0) is 10.0 Å². The Morgan fingerprint density at radius 2 is 1.52 bits per heavy atom. The van der Waals surface area contributed by atoms with Crippen LogP contribution in [0.2, 0.25) is 0 Å². The lowest BCUT2D eigenvalue weighted by Crippen LogP contribution is -2.34. The van der Waals surface area contributed by atoms with E-state index in [1.165, 1.54) is 44.1 Å². The van der Waals surface area contributed by atoms with E-state index in [2.05, 4.69) is 30.3 Å². The normalized spacial score (nSPS) is 37.4. The lowest BCUT2D eigenvalue weighted by atomic mass is 9.91. The standard InChI is InChI=1S/C27H33NO2S/c1-19-13-15-21(16-14-19)31(29,30)28-17-24-25(20-9-5-4-6-10-20)27(24,18-28)26-22-11-7-2-3-8-12-23(22)26/h4-6,9-10,13-16,22-26H,2-3,7-8,11-12,17-18H2,1H3/t22-,23+,24-,25-,26?,27+/m0/s1. The van der Waals surface area contributed by atoms with Crippen molar-refractivity contribution in [2.75, 3.05) is 13.1 Å². The second-order valence-corrected chi connectivity index (χ2v) is 12.5. The Bertz CT molecular complexity index is 1050. The minimum atomic E-state index is -3.42. The molecule has 0 amide bonds. The predicted molar refractivity (Wildman–Crippen MR) is 123 cm³/mol. The molecule has 3 nitrogen and oxygen atoms in total. The monoisotopic (exact) mass is 435 g/mol. The molecular formula is C27H33NO2S. The van der Waals surface area contributed by atoms with Crippen molar-refractivity contribution in [2.24, 2.45) is 29.1 Å². The molecule has 4 aliphatic rings. The molecule has 0 bridgehead atoms. The first kappa shape index (κ1) is 20.0. The molecule has 3 aliphatic carbocycles. The molecule has 4 heteroatoms. The molecule has 0 N–H and O–H groups in total. The molecule has 6 rings (SSSR count). The van der Waals surface area contributed by atoms with Gasteiger partial charge in [-0.1, -0.05) is 73.7 Å². The Morgan fingerprint density at radius 1 is 0.871 bits per heavy atom. The number of fused-ring (bicyclic) bond motifs is 2. The van der Waals surface area contributed by atoms with Gasteiger partial charge in [0.1, 0.15) is 0 Å². The van der Waals surface area contributed by atoms with Crippen molar-refractivity contribution in [3.8, 4) is 0 Å². The molecule has 31 heavy (non-hydrogen) atoms. The van der Waals surface area contributed by atoms with E-state index in [0.717, 1.165) is 23.3 Å². The lowest BCUT2D eigenvalue weighted by Gasteiger charge is -2.24. The summed E-state index contributed by atoms with van der Waals surface area (Å²) < 4.78 is 28.8. The first-order valence-electron chi connectivity index (χ1n) is 12.2. The van der Waals surface area contributed by atoms with Gasteiger partial charge in [0.25, 0.3) is 0 Å². The second-order valence-electron chi connectivity index (χ2n) is 10.6. The van der Waals surface area contributed by atoms with E-state index in [1.807, 2.05) is 23.4 Å². The number of rotatable bonds is 4. The zero-order valence-electron chi connectivity index (χ0n) is 18.4. The van der Waals surface area contributed by atoms with Gasteiger partial charge in [0.2, 0.25) is 10.0 Å². The van der Waals surface area contributed by atoms with E-state index in [4.69, 9.17) is 0 Å². The summed E-state index contributed by atoms with van der Waals surface area (Å²) in [6, 6.07) is 18.3. The van der Waals surface area contributed by atoms with Crippen molar-refractivity contribution < 1.29 is 8.42 Å². The van der Waals surface area contributed by atoms with Crippen LogP contribution in [0.1, 0.15) is 55.6 Å². The first-order chi connectivity index (χ1) is 15.0. The summed E-state index contributed by atoms with van der Waals surface area (Å²) in [6.07, 6.45) is 8.19. The maximum absolute atomic E-state index is 13.5. The summed E-state index contributed by atoms with van der Waals surface area (Å²) in [5.41, 5.74) is 2.69. The molecule has 0 aromatic heterocycles. The van der Waals surface area contributed by atoms with Gasteiger partial charge in [0, 0.05) is 13.1 Å². The fourth-order valence-electron chi connectivity index (χ4n) is 7.57. The topological polar surface area (TPSA) is 37.4 Å². The van der Waals surface area contributed by atoms with Crippen LogP contribution < -0.4 is 0 Å². The highest BCUT2D eigenvalue weighted by molar-refractivity contribution is 7.89. The Hall–Kier alpha value is -1.65. The average Bonchev–Trinajstić information content (AvgIpc) is 3.56. The third-order valence-corrected chi connectivity index (χ3v) is 10.8. The minimum absolute atomic E-state index is 0.165. The molecule has 2 aromatic carbocycles. The quantitative estimate of drug-likeness (QED) is 0.625. The molecule has 1 unspecified atom stereocenters. The number of aryl methyl sites for hydroxylation is 1. The van der Waals surface area contributed by atoms with Gasteiger partial charge in [0.15, 0.2) is 0 Å². The van der Waals surface area contributed by atoms with Crippen molar-refractivity contribution in [2.45, 2.75) is 56.3 Å². The molecule has 1 aliphatic heterocycles. The largest absolute Gasteiger partial charge is 0.243 e. The molecule has 164 valence electrons.